The summed E-state index contributed by atoms with van der Waals surface area (Å²) >= 11 is 0. The van der Waals surface area contributed by atoms with Crippen LogP contribution in [0.1, 0.15) is 77.1 Å². The van der Waals surface area contributed by atoms with Gasteiger partial charge in [-0.15, -0.1) is 0 Å². The van der Waals surface area contributed by atoms with Gasteiger partial charge in [0.2, 0.25) is 0 Å². The Hall–Kier alpha value is -2.97. The Morgan fingerprint density at radius 3 is 2.58 bits per heavy atom. The maximum Gasteiger partial charge on any atom is 0.410 e. The van der Waals surface area contributed by atoms with Crippen LogP contribution in [-0.4, -0.2) is 49.6 Å². The van der Waals surface area contributed by atoms with E-state index in [0.29, 0.717) is 41.8 Å². The molecule has 8 nitrogen and oxygen atoms in total. The van der Waals surface area contributed by atoms with Gasteiger partial charge in [0.05, 0.1) is 23.1 Å². The van der Waals surface area contributed by atoms with E-state index in [0.717, 1.165) is 31.2 Å². The van der Waals surface area contributed by atoms with Gasteiger partial charge in [-0.05, 0) is 58.6 Å². The number of halogens is 1. The second-order valence-electron chi connectivity index (χ2n) is 10.1. The van der Waals surface area contributed by atoms with E-state index in [1.54, 1.807) is 11.1 Å². The number of hydrogen-bond acceptors (Lipinski definition) is 6. The van der Waals surface area contributed by atoms with Gasteiger partial charge in [-0.2, -0.15) is 10.1 Å². The Bertz CT molecular complexity index is 1150. The molecule has 2 fully saturated rings. The first kappa shape index (κ1) is 21.9. The fourth-order valence-corrected chi connectivity index (χ4v) is 4.83. The number of benzene rings is 1. The molecule has 1 amide bonds. The quantitative estimate of drug-likeness (QED) is 0.522. The number of likely N-dealkylation sites (tertiary alicyclic amines) is 1. The summed E-state index contributed by atoms with van der Waals surface area (Å²) in [5.74, 6) is 0.647. The van der Waals surface area contributed by atoms with E-state index in [4.69, 9.17) is 9.26 Å². The Balaban J connectivity index is 1.32. The molecule has 1 aromatic carbocycles. The Labute approximate surface area is 192 Å². The molecule has 3 aromatic rings. The van der Waals surface area contributed by atoms with Crippen LogP contribution in [0.25, 0.3) is 22.4 Å². The number of nitrogens with zero attached hydrogens (tertiary/aromatic N) is 5. The fourth-order valence-electron chi connectivity index (χ4n) is 4.83. The number of fused-ring (bicyclic) bond motifs is 1. The summed E-state index contributed by atoms with van der Waals surface area (Å²) in [4.78, 5) is 18.6. The Kier molecular flexibility index (Phi) is 5.58. The molecule has 33 heavy (non-hydrogen) atoms. The average molecular weight is 456 g/mol. The molecule has 2 aliphatic rings. The van der Waals surface area contributed by atoms with Crippen molar-refractivity contribution in [2.45, 2.75) is 76.9 Å². The summed E-state index contributed by atoms with van der Waals surface area (Å²) in [6.45, 7) is 6.73. The largest absolute Gasteiger partial charge is 0.444 e. The van der Waals surface area contributed by atoms with E-state index in [2.05, 4.69) is 15.2 Å². The third kappa shape index (κ3) is 4.45. The number of ether oxygens (including phenoxy) is 1. The molecule has 9 heteroatoms. The van der Waals surface area contributed by atoms with E-state index >= 15 is 0 Å². The van der Waals surface area contributed by atoms with Crippen molar-refractivity contribution in [2.75, 3.05) is 13.1 Å². The maximum atomic E-state index is 14.8. The van der Waals surface area contributed by atoms with Crippen LogP contribution in [0.15, 0.2) is 22.9 Å². The van der Waals surface area contributed by atoms with Gasteiger partial charge in [0.1, 0.15) is 11.4 Å². The van der Waals surface area contributed by atoms with Crippen LogP contribution in [0.4, 0.5) is 9.18 Å². The lowest BCUT2D eigenvalue weighted by atomic mass is 9.96. The van der Waals surface area contributed by atoms with Gasteiger partial charge in [-0.3, -0.25) is 4.68 Å². The first-order chi connectivity index (χ1) is 15.8. The van der Waals surface area contributed by atoms with Gasteiger partial charge >= 0.3 is 6.09 Å². The zero-order valence-electron chi connectivity index (χ0n) is 19.4. The summed E-state index contributed by atoms with van der Waals surface area (Å²) in [7, 11) is 0. The molecule has 176 valence electrons. The van der Waals surface area contributed by atoms with Crippen LogP contribution in [-0.2, 0) is 4.74 Å². The number of carbonyl (C=O) groups excluding carboxylic acids is 1. The molecule has 1 saturated carbocycles. The molecular weight excluding hydrogens is 425 g/mol. The van der Waals surface area contributed by atoms with Crippen molar-refractivity contribution in [3.63, 3.8) is 0 Å². The van der Waals surface area contributed by atoms with Crippen molar-refractivity contribution in [3.8, 4) is 11.5 Å². The topological polar surface area (TPSA) is 86.3 Å². The summed E-state index contributed by atoms with van der Waals surface area (Å²) in [5, 5.41) is 9.15. The van der Waals surface area contributed by atoms with Gasteiger partial charge in [-0.25, -0.2) is 9.18 Å². The highest BCUT2D eigenvalue weighted by Crippen LogP contribution is 2.35. The molecule has 0 atom stereocenters. The van der Waals surface area contributed by atoms with Crippen molar-refractivity contribution in [3.05, 3.63) is 30.0 Å². The van der Waals surface area contributed by atoms with Crippen LogP contribution in [0.3, 0.4) is 0 Å². The van der Waals surface area contributed by atoms with Gasteiger partial charge in [0.15, 0.2) is 5.82 Å². The van der Waals surface area contributed by atoms with Crippen molar-refractivity contribution >= 4 is 17.0 Å². The van der Waals surface area contributed by atoms with Crippen molar-refractivity contribution in [1.82, 2.24) is 24.8 Å². The predicted octanol–water partition coefficient (Wildman–Crippen LogP) is 5.46. The minimum atomic E-state index is -0.514. The van der Waals surface area contributed by atoms with E-state index < -0.39 is 5.60 Å². The minimum Gasteiger partial charge on any atom is -0.444 e. The molecule has 0 unspecified atom stereocenters. The first-order valence-electron chi connectivity index (χ1n) is 11.8. The van der Waals surface area contributed by atoms with Crippen LogP contribution < -0.4 is 0 Å². The Morgan fingerprint density at radius 2 is 1.88 bits per heavy atom. The van der Waals surface area contributed by atoms with Crippen molar-refractivity contribution in [1.29, 1.82) is 0 Å². The molecule has 0 radical (unpaired) electrons. The molecule has 2 aromatic heterocycles. The molecule has 0 spiro atoms. The third-order valence-corrected chi connectivity index (χ3v) is 6.54. The predicted molar refractivity (Wildman–Crippen MR) is 120 cm³/mol. The van der Waals surface area contributed by atoms with E-state index in [-0.39, 0.29) is 17.8 Å². The molecule has 1 aliphatic heterocycles. The second kappa shape index (κ2) is 8.43. The normalized spacial score (nSPS) is 18.4. The zero-order chi connectivity index (χ0) is 23.2. The van der Waals surface area contributed by atoms with Gasteiger partial charge < -0.3 is 14.2 Å². The number of hydrogen-bond donors (Lipinski definition) is 0. The molecule has 3 heterocycles. The smallest absolute Gasteiger partial charge is 0.410 e. The molecule has 1 aliphatic carbocycles. The first-order valence-corrected chi connectivity index (χ1v) is 11.8. The highest BCUT2D eigenvalue weighted by atomic mass is 19.1. The average Bonchev–Trinajstić information content (AvgIpc) is 3.52. The van der Waals surface area contributed by atoms with Gasteiger partial charge in [0.25, 0.3) is 5.89 Å². The highest BCUT2D eigenvalue weighted by molar-refractivity contribution is 5.83. The number of aromatic nitrogens is 4. The fraction of sp³-hybridized carbons (Fsp3) is 0.583. The summed E-state index contributed by atoms with van der Waals surface area (Å²) < 4.78 is 27.8. The lowest BCUT2D eigenvalue weighted by molar-refractivity contribution is 0.0203. The van der Waals surface area contributed by atoms with Crippen LogP contribution in [0.2, 0.25) is 0 Å². The minimum absolute atomic E-state index is 0.0822. The van der Waals surface area contributed by atoms with Crippen LogP contribution in [0, 0.1) is 5.82 Å². The molecule has 5 rings (SSSR count). The van der Waals surface area contributed by atoms with E-state index in [1.165, 1.54) is 18.9 Å². The van der Waals surface area contributed by atoms with E-state index in [1.807, 2.05) is 31.5 Å². The third-order valence-electron chi connectivity index (χ3n) is 6.54. The lowest BCUT2D eigenvalue weighted by Crippen LogP contribution is -2.41. The standard InChI is InChI=1S/C24H30FN5O3/c1-24(2,3)32-23(31)29-10-8-15(9-11-29)21-27-22(33-28-21)16-12-19(25)18-14-26-30(20(18)13-16)17-6-4-5-7-17/h12-15,17H,4-11H2,1-3H3. The summed E-state index contributed by atoms with van der Waals surface area (Å²) in [6, 6.07) is 3.64. The summed E-state index contributed by atoms with van der Waals surface area (Å²) in [6.07, 6.45) is 7.23. The molecule has 1 saturated heterocycles. The van der Waals surface area contributed by atoms with Crippen molar-refractivity contribution < 1.29 is 18.4 Å². The second-order valence-corrected chi connectivity index (χ2v) is 10.1. The Morgan fingerprint density at radius 1 is 1.15 bits per heavy atom. The lowest BCUT2D eigenvalue weighted by Gasteiger charge is -2.32. The molecular formula is C24H30FN5O3. The van der Waals surface area contributed by atoms with Gasteiger partial charge in [0, 0.05) is 24.6 Å². The van der Waals surface area contributed by atoms with E-state index in [9.17, 15) is 9.18 Å². The summed E-state index contributed by atoms with van der Waals surface area (Å²) in [5.41, 5.74) is 0.812. The number of amides is 1. The van der Waals surface area contributed by atoms with Crippen LogP contribution in [0.5, 0.6) is 0 Å². The van der Waals surface area contributed by atoms with Crippen molar-refractivity contribution in [2.24, 2.45) is 0 Å². The maximum absolute atomic E-state index is 14.8. The SMILES string of the molecule is CC(C)(C)OC(=O)N1CCC(c2noc(-c3cc(F)c4cnn(C5CCCC5)c4c3)n2)CC1. The zero-order valence-corrected chi connectivity index (χ0v) is 19.4. The van der Waals surface area contributed by atoms with Crippen LogP contribution >= 0.6 is 0 Å². The monoisotopic (exact) mass is 455 g/mol. The van der Waals surface area contributed by atoms with Gasteiger partial charge in [-0.1, -0.05) is 18.0 Å². The molecule has 0 bridgehead atoms. The number of carbonyl (C=O) groups is 1. The molecule has 0 N–H and O–H groups in total. The number of rotatable bonds is 3. The number of piperidine rings is 1. The highest BCUT2D eigenvalue weighted by Gasteiger charge is 2.30.